The van der Waals surface area contributed by atoms with Crippen molar-refractivity contribution in [2.45, 2.75) is 31.6 Å². The van der Waals surface area contributed by atoms with Gasteiger partial charge in [0.15, 0.2) is 0 Å². The van der Waals surface area contributed by atoms with E-state index in [1.54, 1.807) is 12.1 Å². The molecule has 0 fully saturated rings. The first-order valence-electron chi connectivity index (χ1n) is 8.02. The summed E-state index contributed by atoms with van der Waals surface area (Å²) in [7, 11) is 0. The van der Waals surface area contributed by atoms with Crippen molar-refractivity contribution in [1.29, 1.82) is 0 Å². The van der Waals surface area contributed by atoms with Gasteiger partial charge in [-0.05, 0) is 60.7 Å². The summed E-state index contributed by atoms with van der Waals surface area (Å²) >= 11 is 0. The lowest BCUT2D eigenvalue weighted by molar-refractivity contribution is -0.143. The minimum Gasteiger partial charge on any atom is -0.308 e. The first kappa shape index (κ1) is 19.1. The highest BCUT2D eigenvalue weighted by molar-refractivity contribution is 6.00. The van der Waals surface area contributed by atoms with Crippen LogP contribution >= 0.6 is 0 Å². The first-order chi connectivity index (χ1) is 12.5. The highest BCUT2D eigenvalue weighted by Gasteiger charge is 2.37. The monoisotopic (exact) mass is 388 g/mol. The second-order valence-corrected chi connectivity index (χ2v) is 6.21. The number of nitrogens with one attached hydrogen (secondary N) is 2. The molecule has 0 spiro atoms. The van der Waals surface area contributed by atoms with Gasteiger partial charge < -0.3 is 10.6 Å². The van der Waals surface area contributed by atoms with Gasteiger partial charge in [-0.3, -0.25) is 0 Å². The molecule has 2 aromatic rings. The number of carbonyl (C=O) groups is 1. The molecule has 0 bridgehead atoms. The molecule has 1 aliphatic carbocycles. The summed E-state index contributed by atoms with van der Waals surface area (Å²) < 4.78 is 77.1. The van der Waals surface area contributed by atoms with E-state index in [2.05, 4.69) is 5.32 Å². The van der Waals surface area contributed by atoms with Crippen molar-refractivity contribution in [3.05, 3.63) is 58.7 Å². The van der Waals surface area contributed by atoms with E-state index in [0.29, 0.717) is 17.8 Å². The van der Waals surface area contributed by atoms with E-state index in [4.69, 9.17) is 0 Å². The highest BCUT2D eigenvalue weighted by atomic mass is 19.4. The summed E-state index contributed by atoms with van der Waals surface area (Å²) in [6, 6.07) is 5.20. The van der Waals surface area contributed by atoms with Crippen LogP contribution in [0.1, 0.15) is 28.7 Å². The van der Waals surface area contributed by atoms with Crippen LogP contribution in [-0.2, 0) is 25.2 Å². The predicted octanol–water partition coefficient (Wildman–Crippen LogP) is 5.86. The number of fused-ring (bicyclic) bond motifs is 1. The fourth-order valence-corrected chi connectivity index (χ4v) is 2.97. The summed E-state index contributed by atoms with van der Waals surface area (Å²) in [6.07, 6.45) is -7.17. The second-order valence-electron chi connectivity index (χ2n) is 6.21. The molecule has 2 amide bonds. The molecule has 3 nitrogen and oxygen atoms in total. The number of benzene rings is 2. The number of halogens is 6. The maximum Gasteiger partial charge on any atom is 0.416 e. The van der Waals surface area contributed by atoms with E-state index in [9.17, 15) is 31.1 Å². The third kappa shape index (κ3) is 4.53. The minimum absolute atomic E-state index is 0.00355. The van der Waals surface area contributed by atoms with Crippen LogP contribution in [0.15, 0.2) is 36.4 Å². The summed E-state index contributed by atoms with van der Waals surface area (Å²) in [4.78, 5) is 12.0. The lowest BCUT2D eigenvalue weighted by atomic mass is 10.1. The van der Waals surface area contributed by atoms with Crippen LogP contribution in [0.4, 0.5) is 42.5 Å². The lowest BCUT2D eigenvalue weighted by Gasteiger charge is -2.15. The third-order valence-corrected chi connectivity index (χ3v) is 4.20. The van der Waals surface area contributed by atoms with Crippen molar-refractivity contribution in [3.63, 3.8) is 0 Å². The first-order valence-corrected chi connectivity index (χ1v) is 8.02. The summed E-state index contributed by atoms with van der Waals surface area (Å²) in [6.45, 7) is 0. The number of rotatable bonds is 2. The Balaban J connectivity index is 1.80. The van der Waals surface area contributed by atoms with Gasteiger partial charge in [-0.1, -0.05) is 6.07 Å². The Morgan fingerprint density at radius 3 is 1.89 bits per heavy atom. The Morgan fingerprint density at radius 1 is 0.741 bits per heavy atom. The van der Waals surface area contributed by atoms with E-state index in [1.807, 2.05) is 11.4 Å². The molecule has 27 heavy (non-hydrogen) atoms. The van der Waals surface area contributed by atoms with Crippen LogP contribution in [0.3, 0.4) is 0 Å². The molecule has 2 N–H and O–H groups in total. The number of hydrogen-bond acceptors (Lipinski definition) is 1. The number of aryl methyl sites for hydroxylation is 2. The molecular weight excluding hydrogens is 374 g/mol. The molecule has 0 unspecified atom stereocenters. The van der Waals surface area contributed by atoms with Crippen molar-refractivity contribution in [3.8, 4) is 0 Å². The Hall–Kier alpha value is -2.71. The quantitative estimate of drug-likeness (QED) is 0.622. The summed E-state index contributed by atoms with van der Waals surface area (Å²) in [5, 5.41) is 4.46. The molecule has 1 aliphatic rings. The normalized spacial score (nSPS) is 14.0. The third-order valence-electron chi connectivity index (χ3n) is 4.20. The van der Waals surface area contributed by atoms with Gasteiger partial charge in [-0.2, -0.15) is 26.3 Å². The van der Waals surface area contributed by atoms with Crippen LogP contribution in [0.5, 0.6) is 0 Å². The number of anilines is 2. The highest BCUT2D eigenvalue weighted by Crippen LogP contribution is 2.37. The lowest BCUT2D eigenvalue weighted by Crippen LogP contribution is -2.21. The molecule has 0 radical (unpaired) electrons. The Morgan fingerprint density at radius 2 is 1.30 bits per heavy atom. The standard InChI is InChI=1S/C18H14F6N2O/c19-17(20,21)12-7-13(18(22,23)24)9-15(8-12)26-16(27)25-14-5-4-10-2-1-3-11(10)6-14/h4-9H,1-3H2,(H2,25,26,27). The number of alkyl halides is 6. The Kier molecular flexibility index (Phi) is 4.79. The predicted molar refractivity (Wildman–Crippen MR) is 87.6 cm³/mol. The molecule has 0 heterocycles. The molecule has 3 rings (SSSR count). The van der Waals surface area contributed by atoms with Crippen LogP contribution < -0.4 is 10.6 Å². The molecule has 0 saturated carbocycles. The molecule has 0 atom stereocenters. The van der Waals surface area contributed by atoms with Gasteiger partial charge in [0.25, 0.3) is 0 Å². The Bertz CT molecular complexity index is 841. The van der Waals surface area contributed by atoms with Crippen molar-refractivity contribution in [1.82, 2.24) is 0 Å². The maximum absolute atomic E-state index is 12.9. The zero-order chi connectivity index (χ0) is 19.8. The fourth-order valence-electron chi connectivity index (χ4n) is 2.97. The van der Waals surface area contributed by atoms with Crippen LogP contribution in [-0.4, -0.2) is 6.03 Å². The second kappa shape index (κ2) is 6.79. The van der Waals surface area contributed by atoms with Crippen molar-refractivity contribution < 1.29 is 31.1 Å². The van der Waals surface area contributed by atoms with Gasteiger partial charge in [-0.15, -0.1) is 0 Å². The SMILES string of the molecule is O=C(Nc1cc(C(F)(F)F)cc(C(F)(F)F)c1)Nc1ccc2c(c1)CCC2. The zero-order valence-corrected chi connectivity index (χ0v) is 13.8. The van der Waals surface area contributed by atoms with E-state index < -0.39 is 35.2 Å². The maximum atomic E-state index is 12.9. The molecule has 9 heteroatoms. The fraction of sp³-hybridized carbons (Fsp3) is 0.278. The molecule has 0 saturated heterocycles. The number of amides is 2. The van der Waals surface area contributed by atoms with E-state index in [0.717, 1.165) is 30.4 Å². The van der Waals surface area contributed by atoms with Crippen LogP contribution in [0.25, 0.3) is 0 Å². The van der Waals surface area contributed by atoms with Gasteiger partial charge in [0.2, 0.25) is 0 Å². The minimum atomic E-state index is -4.98. The molecule has 2 aromatic carbocycles. The van der Waals surface area contributed by atoms with E-state index in [-0.39, 0.29) is 6.07 Å². The van der Waals surface area contributed by atoms with Crippen LogP contribution in [0.2, 0.25) is 0 Å². The number of urea groups is 1. The van der Waals surface area contributed by atoms with Crippen molar-refractivity contribution in [2.24, 2.45) is 0 Å². The average molecular weight is 388 g/mol. The van der Waals surface area contributed by atoms with Gasteiger partial charge in [-0.25, -0.2) is 4.79 Å². The number of hydrogen-bond donors (Lipinski definition) is 2. The Labute approximate surface area is 150 Å². The van der Waals surface area contributed by atoms with E-state index in [1.165, 1.54) is 0 Å². The smallest absolute Gasteiger partial charge is 0.308 e. The van der Waals surface area contributed by atoms with Gasteiger partial charge in [0.05, 0.1) is 11.1 Å². The van der Waals surface area contributed by atoms with Crippen molar-refractivity contribution in [2.75, 3.05) is 10.6 Å². The molecular formula is C18H14F6N2O. The average Bonchev–Trinajstić information content (AvgIpc) is 3.00. The van der Waals surface area contributed by atoms with Gasteiger partial charge in [0.1, 0.15) is 0 Å². The van der Waals surface area contributed by atoms with Gasteiger partial charge >= 0.3 is 18.4 Å². The largest absolute Gasteiger partial charge is 0.416 e. The topological polar surface area (TPSA) is 41.1 Å². The summed E-state index contributed by atoms with van der Waals surface area (Å²) in [5.74, 6) is 0. The zero-order valence-electron chi connectivity index (χ0n) is 13.8. The molecule has 0 aliphatic heterocycles. The molecule has 144 valence electrons. The van der Waals surface area contributed by atoms with Crippen molar-refractivity contribution >= 4 is 17.4 Å². The van der Waals surface area contributed by atoms with Crippen LogP contribution in [0, 0.1) is 0 Å². The van der Waals surface area contributed by atoms with Gasteiger partial charge in [0, 0.05) is 11.4 Å². The number of carbonyl (C=O) groups excluding carboxylic acids is 1. The summed E-state index contributed by atoms with van der Waals surface area (Å²) in [5.41, 5.74) is -0.956. The molecule has 0 aromatic heterocycles. The van der Waals surface area contributed by atoms with E-state index >= 15 is 0 Å².